The summed E-state index contributed by atoms with van der Waals surface area (Å²) in [7, 11) is 0. The Bertz CT molecular complexity index is 686. The summed E-state index contributed by atoms with van der Waals surface area (Å²) in [6, 6.07) is 9.72. The Kier molecular flexibility index (Phi) is 6.87. The molecule has 1 aromatic heterocycles. The summed E-state index contributed by atoms with van der Waals surface area (Å²) < 4.78 is 1.80. The molecule has 0 atom stereocenters. The molecule has 2 N–H and O–H groups in total. The van der Waals surface area contributed by atoms with Gasteiger partial charge in [-0.1, -0.05) is 31.5 Å². The molecule has 0 unspecified atom stereocenters. The number of nitrogens with one attached hydrogen (secondary N) is 1. The van der Waals surface area contributed by atoms with Gasteiger partial charge >= 0.3 is 5.97 Å². The lowest BCUT2D eigenvalue weighted by molar-refractivity contribution is -0.133. The standard InChI is InChI=1S/C17H21N3O3S/c1-2-6-15-14(17(23)18-9-10-24-12-16(21)22)11-19-20(15)13-7-4-3-5-8-13/h3-5,7-8,11H,2,6,9-10,12H2,1H3,(H,18,23)(H,21,22). The largest absolute Gasteiger partial charge is 0.481 e. The molecule has 0 radical (unpaired) electrons. The number of para-hydroxylation sites is 1. The van der Waals surface area contributed by atoms with Gasteiger partial charge in [0.25, 0.3) is 5.91 Å². The van der Waals surface area contributed by atoms with E-state index in [1.807, 2.05) is 30.3 Å². The monoisotopic (exact) mass is 347 g/mol. The molecule has 1 aromatic carbocycles. The highest BCUT2D eigenvalue weighted by Crippen LogP contribution is 2.16. The van der Waals surface area contributed by atoms with E-state index in [1.54, 1.807) is 10.9 Å². The first-order valence-electron chi connectivity index (χ1n) is 7.83. The van der Waals surface area contributed by atoms with Crippen molar-refractivity contribution in [1.29, 1.82) is 0 Å². The molecule has 0 saturated heterocycles. The number of carbonyl (C=O) groups excluding carboxylic acids is 1. The van der Waals surface area contributed by atoms with Gasteiger partial charge in [0.05, 0.1) is 28.9 Å². The Morgan fingerprint density at radius 2 is 2.04 bits per heavy atom. The van der Waals surface area contributed by atoms with Crippen molar-refractivity contribution >= 4 is 23.6 Å². The zero-order valence-corrected chi connectivity index (χ0v) is 14.4. The van der Waals surface area contributed by atoms with Crippen molar-refractivity contribution in [2.75, 3.05) is 18.1 Å². The number of benzene rings is 1. The lowest BCUT2D eigenvalue weighted by atomic mass is 10.1. The number of carboxylic acids is 1. The van der Waals surface area contributed by atoms with Crippen molar-refractivity contribution in [1.82, 2.24) is 15.1 Å². The molecule has 0 saturated carbocycles. The summed E-state index contributed by atoms with van der Waals surface area (Å²) in [5, 5.41) is 15.8. The van der Waals surface area contributed by atoms with Gasteiger partial charge in [0.15, 0.2) is 0 Å². The average molecular weight is 347 g/mol. The molecule has 2 aromatic rings. The topological polar surface area (TPSA) is 84.2 Å². The van der Waals surface area contributed by atoms with Crippen molar-refractivity contribution in [3.8, 4) is 5.69 Å². The van der Waals surface area contributed by atoms with E-state index in [0.29, 0.717) is 17.9 Å². The van der Waals surface area contributed by atoms with Crippen LogP contribution in [0.1, 0.15) is 29.4 Å². The fourth-order valence-electron chi connectivity index (χ4n) is 2.32. The van der Waals surface area contributed by atoms with Crippen molar-refractivity contribution in [3.63, 3.8) is 0 Å². The molecule has 24 heavy (non-hydrogen) atoms. The first kappa shape index (κ1) is 18.1. The second-order valence-corrected chi connectivity index (χ2v) is 6.31. The number of carboxylic acid groups (broad SMARTS) is 1. The number of nitrogens with zero attached hydrogens (tertiary/aromatic N) is 2. The molecule has 0 aliphatic rings. The van der Waals surface area contributed by atoms with Crippen LogP contribution in [-0.2, 0) is 11.2 Å². The van der Waals surface area contributed by atoms with E-state index in [4.69, 9.17) is 5.11 Å². The third kappa shape index (κ3) is 4.86. The van der Waals surface area contributed by atoms with E-state index >= 15 is 0 Å². The Morgan fingerprint density at radius 1 is 1.29 bits per heavy atom. The van der Waals surface area contributed by atoms with Gasteiger partial charge < -0.3 is 10.4 Å². The number of rotatable bonds is 9. The van der Waals surface area contributed by atoms with Crippen LogP contribution in [0.15, 0.2) is 36.5 Å². The number of amides is 1. The highest BCUT2D eigenvalue weighted by atomic mass is 32.2. The van der Waals surface area contributed by atoms with Gasteiger partial charge in [0, 0.05) is 12.3 Å². The SMILES string of the molecule is CCCc1c(C(=O)NCCSCC(=O)O)cnn1-c1ccccc1. The summed E-state index contributed by atoms with van der Waals surface area (Å²) in [6.45, 7) is 2.49. The second-order valence-electron chi connectivity index (χ2n) is 5.20. The van der Waals surface area contributed by atoms with Crippen LogP contribution in [-0.4, -0.2) is 44.8 Å². The summed E-state index contributed by atoms with van der Waals surface area (Å²) in [4.78, 5) is 22.8. The van der Waals surface area contributed by atoms with Crippen LogP contribution in [0.3, 0.4) is 0 Å². The molecule has 0 spiro atoms. The molecule has 0 aliphatic heterocycles. The van der Waals surface area contributed by atoms with Crippen LogP contribution < -0.4 is 5.32 Å². The Labute approximate surface area is 145 Å². The number of hydrogen-bond donors (Lipinski definition) is 2. The summed E-state index contributed by atoms with van der Waals surface area (Å²) in [5.41, 5.74) is 2.39. The normalized spacial score (nSPS) is 10.5. The number of thioether (sulfide) groups is 1. The van der Waals surface area contributed by atoms with E-state index in [2.05, 4.69) is 17.3 Å². The minimum absolute atomic E-state index is 0.0445. The molecule has 0 bridgehead atoms. The molecular weight excluding hydrogens is 326 g/mol. The average Bonchev–Trinajstić information content (AvgIpc) is 2.99. The van der Waals surface area contributed by atoms with Gasteiger partial charge in [0.1, 0.15) is 0 Å². The number of hydrogen-bond acceptors (Lipinski definition) is 4. The van der Waals surface area contributed by atoms with E-state index in [0.717, 1.165) is 24.2 Å². The second kappa shape index (κ2) is 9.12. The number of aromatic nitrogens is 2. The maximum Gasteiger partial charge on any atom is 0.313 e. The lowest BCUT2D eigenvalue weighted by Gasteiger charge is -2.09. The Morgan fingerprint density at radius 3 is 2.71 bits per heavy atom. The molecule has 1 heterocycles. The first-order valence-corrected chi connectivity index (χ1v) is 8.99. The zero-order chi connectivity index (χ0) is 17.4. The predicted octanol–water partition coefficient (Wildman–Crippen LogP) is 2.37. The zero-order valence-electron chi connectivity index (χ0n) is 13.6. The molecule has 6 nitrogen and oxygen atoms in total. The van der Waals surface area contributed by atoms with Crippen LogP contribution in [0.5, 0.6) is 0 Å². The van der Waals surface area contributed by atoms with E-state index in [9.17, 15) is 9.59 Å². The van der Waals surface area contributed by atoms with Crippen molar-refractivity contribution in [2.45, 2.75) is 19.8 Å². The van der Waals surface area contributed by atoms with E-state index < -0.39 is 5.97 Å². The fourth-order valence-corrected chi connectivity index (χ4v) is 2.89. The number of aliphatic carboxylic acids is 1. The van der Waals surface area contributed by atoms with Gasteiger partial charge in [-0.15, -0.1) is 11.8 Å². The summed E-state index contributed by atoms with van der Waals surface area (Å²) in [5.74, 6) is -0.408. The van der Waals surface area contributed by atoms with Crippen molar-refractivity contribution < 1.29 is 14.7 Å². The van der Waals surface area contributed by atoms with Gasteiger partial charge in [-0.05, 0) is 18.6 Å². The van der Waals surface area contributed by atoms with Gasteiger partial charge in [-0.2, -0.15) is 5.10 Å². The molecule has 2 rings (SSSR count). The van der Waals surface area contributed by atoms with Gasteiger partial charge in [0.2, 0.25) is 0 Å². The minimum Gasteiger partial charge on any atom is -0.481 e. The maximum atomic E-state index is 12.4. The molecule has 1 amide bonds. The van der Waals surface area contributed by atoms with Crippen LogP contribution >= 0.6 is 11.8 Å². The molecule has 0 aliphatic carbocycles. The fraction of sp³-hybridized carbons (Fsp3) is 0.353. The summed E-state index contributed by atoms with van der Waals surface area (Å²) >= 11 is 1.28. The molecule has 7 heteroatoms. The first-order chi connectivity index (χ1) is 11.6. The predicted molar refractivity (Wildman–Crippen MR) is 94.9 cm³/mol. The van der Waals surface area contributed by atoms with E-state index in [-0.39, 0.29) is 11.7 Å². The van der Waals surface area contributed by atoms with Crippen LogP contribution in [0.4, 0.5) is 0 Å². The van der Waals surface area contributed by atoms with Gasteiger partial charge in [-0.25, -0.2) is 4.68 Å². The maximum absolute atomic E-state index is 12.4. The Hall–Kier alpha value is -2.28. The number of carbonyl (C=O) groups is 2. The molecule has 0 fully saturated rings. The third-order valence-corrected chi connectivity index (χ3v) is 4.30. The van der Waals surface area contributed by atoms with Crippen molar-refractivity contribution in [3.05, 3.63) is 47.8 Å². The van der Waals surface area contributed by atoms with Crippen LogP contribution in [0.25, 0.3) is 5.69 Å². The smallest absolute Gasteiger partial charge is 0.313 e. The quantitative estimate of drug-likeness (QED) is 0.680. The summed E-state index contributed by atoms with van der Waals surface area (Å²) in [6.07, 6.45) is 3.26. The highest BCUT2D eigenvalue weighted by molar-refractivity contribution is 7.99. The van der Waals surface area contributed by atoms with Gasteiger partial charge in [-0.3, -0.25) is 9.59 Å². The Balaban J connectivity index is 2.05. The minimum atomic E-state index is -0.847. The molecular formula is C17H21N3O3S. The molecule has 128 valence electrons. The lowest BCUT2D eigenvalue weighted by Crippen LogP contribution is -2.26. The highest BCUT2D eigenvalue weighted by Gasteiger charge is 2.17. The van der Waals surface area contributed by atoms with Crippen molar-refractivity contribution in [2.24, 2.45) is 0 Å². The van der Waals surface area contributed by atoms with Crippen LogP contribution in [0.2, 0.25) is 0 Å². The third-order valence-electron chi connectivity index (χ3n) is 3.36. The van der Waals surface area contributed by atoms with E-state index in [1.165, 1.54) is 11.8 Å². The van der Waals surface area contributed by atoms with Crippen LogP contribution in [0, 0.1) is 0 Å².